The average molecular weight is 2040 g/mol. The molecular formula is C113H127ClF3N25O7. The van der Waals surface area contributed by atoms with Gasteiger partial charge in [-0.05, 0) is 252 Å². The fraction of sp³-hybridized carbons (Fsp3) is 0.336. The second-order valence-corrected chi connectivity index (χ2v) is 41.1. The van der Waals surface area contributed by atoms with E-state index in [1.807, 2.05) is 191 Å². The van der Waals surface area contributed by atoms with Crippen LogP contribution in [0.25, 0.3) is 89.2 Å². The number of nitrogens with zero attached hydrogens (tertiary/aromatic N) is 17. The van der Waals surface area contributed by atoms with Crippen LogP contribution in [0.1, 0.15) is 148 Å². The van der Waals surface area contributed by atoms with Crippen molar-refractivity contribution >= 4 is 103 Å². The molecule has 32 nitrogen and oxygen atoms in total. The summed E-state index contributed by atoms with van der Waals surface area (Å²) in [4.78, 5) is 124. The highest BCUT2D eigenvalue weighted by molar-refractivity contribution is 6.30. The Labute approximate surface area is 869 Å². The number of carbonyl (C=O) groups excluding carboxylic acids is 4. The minimum atomic E-state index is -1.42. The molecule has 16 aromatic rings. The number of hydrogen-bond acceptors (Lipinski definition) is 20. The highest BCUT2D eigenvalue weighted by Gasteiger charge is 2.44. The molecule has 9 aromatic heterocycles. The maximum Gasteiger partial charge on any atom is 0.318 e. The number of aromatic amines is 4. The molecule has 36 heteroatoms. The molecule has 1 unspecified atom stereocenters. The molecule has 149 heavy (non-hydrogen) atoms. The number of urea groups is 4. The number of rotatable bonds is 20. The first kappa shape index (κ1) is 104. The van der Waals surface area contributed by atoms with Crippen LogP contribution >= 0.6 is 11.6 Å². The lowest BCUT2D eigenvalue weighted by Gasteiger charge is -2.47. The van der Waals surface area contributed by atoms with Gasteiger partial charge in [-0.25, -0.2) is 72.2 Å². The van der Waals surface area contributed by atoms with Gasteiger partial charge in [-0.15, -0.1) is 0 Å². The van der Waals surface area contributed by atoms with Gasteiger partial charge in [0.1, 0.15) is 100 Å². The average Bonchev–Trinajstić information content (AvgIpc) is 1.69. The van der Waals surface area contributed by atoms with E-state index >= 15 is 0 Å². The number of fused-ring (bicyclic) bond motifs is 4. The quantitative estimate of drug-likeness (QED) is 0.0351. The van der Waals surface area contributed by atoms with Gasteiger partial charge in [0, 0.05) is 136 Å². The lowest BCUT2D eigenvalue weighted by molar-refractivity contribution is 0.0858. The number of carbonyl (C=O) groups is 4. The topological polar surface area (TPSA) is 349 Å². The normalized spacial score (nSPS) is 16.2. The molecule has 4 saturated heterocycles. The van der Waals surface area contributed by atoms with Crippen LogP contribution in [0.2, 0.25) is 5.02 Å². The van der Waals surface area contributed by atoms with Crippen LogP contribution in [0, 0.1) is 25.5 Å². The SMILES string of the molecule is CC(F)Oc1cccc([C@H](C)NC(=O)N2CCN(c3ncnc4[nH]c(-c5ccc(F)cc5)cc34)CC2(C)C)c1.COc1cccc(-c2cc3c(N4CCN(C(=O)N[C@@H](C)c5cccc(OC)c5)C(C)(C)C4)ncnc3[nH]2)c1.Cc1ccc(-c2cc3c(N4CCN(C(=O)N[C@@H](C)c5cccc(Cl)c5)C(C)(C)C4)ncnc3[nH]2)cc1.Cc1ccc(-c2cc3c(N4CCN(C(=O)N[C@@H](C)c5cccc(F)c5)C(C)(C)C4)ncnc3[nH]2)cn1. The number of pyridine rings is 1. The number of piperazine rings is 4. The van der Waals surface area contributed by atoms with Crippen molar-refractivity contribution in [3.63, 3.8) is 0 Å². The Balaban J connectivity index is 0.000000135. The second kappa shape index (κ2) is 44.3. The molecule has 774 valence electrons. The number of benzene rings is 7. The lowest BCUT2D eigenvalue weighted by atomic mass is 9.98. The fourth-order valence-corrected chi connectivity index (χ4v) is 20.1. The van der Waals surface area contributed by atoms with Gasteiger partial charge in [0.25, 0.3) is 0 Å². The van der Waals surface area contributed by atoms with Crippen molar-refractivity contribution in [2.75, 3.05) is 112 Å². The van der Waals surface area contributed by atoms with E-state index < -0.39 is 28.5 Å². The Bertz CT molecular complexity index is 7250. The zero-order valence-corrected chi connectivity index (χ0v) is 87.6. The van der Waals surface area contributed by atoms with Gasteiger partial charge in [-0.3, -0.25) is 4.98 Å². The summed E-state index contributed by atoms with van der Waals surface area (Å²) < 4.78 is 56.2. The van der Waals surface area contributed by atoms with Crippen LogP contribution < -0.4 is 55.1 Å². The predicted molar refractivity (Wildman–Crippen MR) is 579 cm³/mol. The Morgan fingerprint density at radius 1 is 0.349 bits per heavy atom. The molecule has 0 bridgehead atoms. The van der Waals surface area contributed by atoms with Crippen molar-refractivity contribution in [2.45, 2.75) is 157 Å². The maximum atomic E-state index is 13.6. The number of amides is 8. The molecule has 8 N–H and O–H groups in total. The Morgan fingerprint density at radius 3 is 1.03 bits per heavy atom. The largest absolute Gasteiger partial charge is 0.497 e. The number of aromatic nitrogens is 13. The Kier molecular flexibility index (Phi) is 31.0. The third-order valence-corrected chi connectivity index (χ3v) is 28.1. The number of methoxy groups -OCH3 is 2. The first-order valence-corrected chi connectivity index (χ1v) is 50.3. The van der Waals surface area contributed by atoms with E-state index in [-0.39, 0.29) is 59.9 Å². The molecule has 4 aliphatic rings. The fourth-order valence-electron chi connectivity index (χ4n) is 19.9. The summed E-state index contributed by atoms with van der Waals surface area (Å²) in [6.07, 6.45) is 6.71. The molecule has 0 spiro atoms. The van der Waals surface area contributed by atoms with Crippen molar-refractivity contribution in [3.05, 3.63) is 288 Å². The van der Waals surface area contributed by atoms with Gasteiger partial charge in [-0.1, -0.05) is 102 Å². The van der Waals surface area contributed by atoms with Crippen LogP contribution in [-0.4, -0.2) is 230 Å². The van der Waals surface area contributed by atoms with E-state index in [1.54, 1.807) is 69.6 Å². The molecule has 0 saturated carbocycles. The summed E-state index contributed by atoms with van der Waals surface area (Å²) in [5.74, 6) is 4.74. The van der Waals surface area contributed by atoms with E-state index in [9.17, 15) is 32.3 Å². The number of nitrogens with one attached hydrogen (secondary N) is 8. The number of ether oxygens (including phenoxy) is 3. The van der Waals surface area contributed by atoms with Gasteiger partial charge in [0.15, 0.2) is 0 Å². The molecule has 20 rings (SSSR count). The predicted octanol–water partition coefficient (Wildman–Crippen LogP) is 21.6. The van der Waals surface area contributed by atoms with Gasteiger partial charge in [-0.2, -0.15) is 0 Å². The zero-order chi connectivity index (χ0) is 105. The lowest BCUT2D eigenvalue weighted by Crippen LogP contribution is -2.63. The highest BCUT2D eigenvalue weighted by Crippen LogP contribution is 2.41. The Hall–Kier alpha value is -16.1. The number of hydrogen-bond donors (Lipinski definition) is 8. The molecule has 8 amide bonds. The Morgan fingerprint density at radius 2 is 0.671 bits per heavy atom. The van der Waals surface area contributed by atoms with Gasteiger partial charge >= 0.3 is 24.1 Å². The van der Waals surface area contributed by atoms with Crippen molar-refractivity contribution in [1.82, 2.24) is 106 Å². The van der Waals surface area contributed by atoms with E-state index in [0.717, 1.165) is 146 Å². The molecule has 13 heterocycles. The third-order valence-electron chi connectivity index (χ3n) is 27.8. The smallest absolute Gasteiger partial charge is 0.318 e. The molecule has 0 radical (unpaired) electrons. The number of anilines is 4. The van der Waals surface area contributed by atoms with Crippen LogP contribution in [0.15, 0.2) is 238 Å². The monoisotopic (exact) mass is 2040 g/mol. The van der Waals surface area contributed by atoms with Gasteiger partial charge < -0.3 is 94.6 Å². The van der Waals surface area contributed by atoms with Crippen molar-refractivity contribution in [3.8, 4) is 62.3 Å². The summed E-state index contributed by atoms with van der Waals surface area (Å²) in [5.41, 5.74) is 14.7. The zero-order valence-electron chi connectivity index (χ0n) is 86.9. The molecule has 0 aliphatic carbocycles. The molecule has 4 aliphatic heterocycles. The van der Waals surface area contributed by atoms with E-state index in [2.05, 4.69) is 183 Å². The van der Waals surface area contributed by atoms with E-state index in [4.69, 9.17) is 25.8 Å². The number of alkyl halides is 1. The minimum Gasteiger partial charge on any atom is -0.497 e. The molecule has 7 aromatic carbocycles. The minimum absolute atomic E-state index is 0.0803. The summed E-state index contributed by atoms with van der Waals surface area (Å²) in [6, 6.07) is 62.3. The van der Waals surface area contributed by atoms with Crippen LogP contribution in [0.5, 0.6) is 17.2 Å². The number of aryl methyl sites for hydroxylation is 2. The summed E-state index contributed by atoms with van der Waals surface area (Å²) >= 11 is 6.14. The number of halogens is 4. The second-order valence-electron chi connectivity index (χ2n) is 40.7. The molecular weight excluding hydrogens is 1910 g/mol. The van der Waals surface area contributed by atoms with Gasteiger partial charge in [0.2, 0.25) is 6.36 Å². The molecule has 4 fully saturated rings. The van der Waals surface area contributed by atoms with E-state index in [0.29, 0.717) is 95.0 Å². The van der Waals surface area contributed by atoms with Crippen molar-refractivity contribution in [2.24, 2.45) is 0 Å². The van der Waals surface area contributed by atoms with Gasteiger partial charge in [0.05, 0.1) is 82.1 Å². The van der Waals surface area contributed by atoms with Crippen LogP contribution in [0.4, 0.5) is 55.6 Å². The summed E-state index contributed by atoms with van der Waals surface area (Å²) in [5, 5.41) is 16.8. The summed E-state index contributed by atoms with van der Waals surface area (Å²) in [7, 11) is 3.30. The third kappa shape index (κ3) is 24.1. The van der Waals surface area contributed by atoms with Crippen LogP contribution in [0.3, 0.4) is 0 Å². The van der Waals surface area contributed by atoms with Crippen LogP contribution in [-0.2, 0) is 0 Å². The first-order chi connectivity index (χ1) is 71.3. The highest BCUT2D eigenvalue weighted by atomic mass is 35.5. The van der Waals surface area contributed by atoms with E-state index in [1.165, 1.54) is 43.1 Å². The molecule has 5 atom stereocenters. The number of H-pyrrole nitrogens is 4. The standard InChI is InChI=1S/C29H32F2N6O2.C29H34N6O3.C28H31ClN6O.C27H30FN7O/c1-18(21-6-5-7-23(14-21)39-19(2)30)34-28(38)37-13-12-36(16-29(37,3)4)27-24-15-25(35-26(24)32-17-33-27)20-8-10-22(31)11-9-20;1-19(20-8-6-10-22(14-20)37-4)32-28(36)35-13-12-34(17-29(35,2)3)27-24-16-25(33-26(24)30-18-31-27)21-9-7-11-23(15-21)38-5;1-18-8-10-20(11-9-18)24-15-23-25(33-24)30-17-31-26(23)34-12-13-35(28(3,4)16-34)27(36)32-19(2)21-6-5-7-22(29)14-21;1-17-8-9-20(14-29-17)23-13-22-24(33-23)30-16-31-25(22)34-10-11-35(27(3,4)15-34)26(36)32-18(2)19-6-5-7-21(28)12-19/h5-11,14-15,17-19H,12-13,16H2,1-4H3,(H,34,38)(H,32,33,35);6-11,14-16,18-19H,12-13,17H2,1-5H3,(H,32,36)(H,30,31,33);5-11,14-15,17,19H,12-13,16H2,1-4H3,(H,32,36)(H,30,31,33);5-9,12-14,16,18H,10-11,15H2,1-4H3,(H,32,36)(H,30,31,33)/t18-,19?;2*19-;18-/m0000/s1. The summed E-state index contributed by atoms with van der Waals surface area (Å²) in [6.45, 7) is 36.8. The van der Waals surface area contributed by atoms with Crippen molar-refractivity contribution in [1.29, 1.82) is 0 Å². The maximum absolute atomic E-state index is 13.6. The van der Waals surface area contributed by atoms with Crippen molar-refractivity contribution < 1.29 is 46.6 Å². The first-order valence-electron chi connectivity index (χ1n) is 49.9.